The molecule has 0 unspecified atom stereocenters. The zero-order valence-electron chi connectivity index (χ0n) is 16.3. The molecule has 0 saturated carbocycles. The number of nitriles is 1. The smallest absolute Gasteiger partial charge is 0.328 e. The number of hydrogen-bond acceptors (Lipinski definition) is 5. The number of esters is 1. The highest BCUT2D eigenvalue weighted by molar-refractivity contribution is 5.85. The molecule has 1 amide bonds. The lowest BCUT2D eigenvalue weighted by atomic mass is 9.99. The van der Waals surface area contributed by atoms with Crippen LogP contribution in [0, 0.1) is 17.2 Å². The van der Waals surface area contributed by atoms with Gasteiger partial charge in [-0.1, -0.05) is 44.5 Å². The van der Waals surface area contributed by atoms with Crippen LogP contribution in [0.2, 0.25) is 0 Å². The molecule has 2 aromatic rings. The summed E-state index contributed by atoms with van der Waals surface area (Å²) >= 11 is 0. The molecule has 0 heterocycles. The van der Waals surface area contributed by atoms with E-state index in [1.807, 2.05) is 38.1 Å². The highest BCUT2D eigenvalue weighted by atomic mass is 16.5. The van der Waals surface area contributed by atoms with Gasteiger partial charge in [0.15, 0.2) is 6.61 Å². The average Bonchev–Trinajstić information content (AvgIpc) is 2.75. The minimum absolute atomic E-state index is 0.0388. The lowest BCUT2D eigenvalue weighted by Crippen LogP contribution is -2.47. The maximum Gasteiger partial charge on any atom is 0.328 e. The Kier molecular flexibility index (Phi) is 7.58. The van der Waals surface area contributed by atoms with Crippen LogP contribution in [-0.4, -0.2) is 31.6 Å². The van der Waals surface area contributed by atoms with Crippen molar-refractivity contribution in [2.45, 2.75) is 26.3 Å². The van der Waals surface area contributed by atoms with Crippen LogP contribution in [0.3, 0.4) is 0 Å². The van der Waals surface area contributed by atoms with Crippen molar-refractivity contribution in [3.05, 3.63) is 54.1 Å². The van der Waals surface area contributed by atoms with E-state index in [4.69, 9.17) is 14.7 Å². The van der Waals surface area contributed by atoms with Crippen molar-refractivity contribution in [2.75, 3.05) is 13.7 Å². The van der Waals surface area contributed by atoms with Crippen LogP contribution in [0.25, 0.3) is 11.1 Å². The maximum absolute atomic E-state index is 12.1. The van der Waals surface area contributed by atoms with Crippen molar-refractivity contribution >= 4 is 11.9 Å². The molecule has 0 aliphatic heterocycles. The number of rotatable bonds is 8. The van der Waals surface area contributed by atoms with Gasteiger partial charge in [-0.15, -0.1) is 0 Å². The maximum atomic E-state index is 12.1. The predicted molar refractivity (Wildman–Crippen MR) is 105 cm³/mol. The summed E-state index contributed by atoms with van der Waals surface area (Å²) in [4.78, 5) is 24.0. The standard InChI is InChI=1S/C22H24N2O4/c1-4-15(2)21(22(26)27-3)24-20(25)14-28-19-11-9-18(10-12-19)17-7-5-16(13-23)6-8-17/h5-12,15,21H,4,14H2,1-3H3,(H,24,25)/t15-,21+/m0/s1. The van der Waals surface area contributed by atoms with E-state index in [1.54, 1.807) is 24.3 Å². The molecule has 0 aromatic heterocycles. The van der Waals surface area contributed by atoms with Gasteiger partial charge in [-0.3, -0.25) is 4.79 Å². The van der Waals surface area contributed by atoms with Crippen LogP contribution < -0.4 is 10.1 Å². The number of carbonyl (C=O) groups excluding carboxylic acids is 2. The second-order valence-electron chi connectivity index (χ2n) is 6.46. The number of hydrogen-bond donors (Lipinski definition) is 1. The topological polar surface area (TPSA) is 88.4 Å². The third-order valence-electron chi connectivity index (χ3n) is 4.56. The number of amides is 1. The van der Waals surface area contributed by atoms with E-state index in [2.05, 4.69) is 11.4 Å². The minimum atomic E-state index is -0.690. The van der Waals surface area contributed by atoms with Crippen molar-refractivity contribution in [3.8, 4) is 22.9 Å². The van der Waals surface area contributed by atoms with Crippen molar-refractivity contribution in [1.82, 2.24) is 5.32 Å². The fourth-order valence-electron chi connectivity index (χ4n) is 2.64. The fourth-order valence-corrected chi connectivity index (χ4v) is 2.64. The normalized spacial score (nSPS) is 12.4. The number of ether oxygens (including phenoxy) is 2. The molecule has 0 spiro atoms. The molecule has 0 fully saturated rings. The lowest BCUT2D eigenvalue weighted by Gasteiger charge is -2.21. The molecule has 0 radical (unpaired) electrons. The first-order valence-corrected chi connectivity index (χ1v) is 9.09. The van der Waals surface area contributed by atoms with E-state index < -0.39 is 12.0 Å². The Morgan fingerprint density at radius 2 is 1.64 bits per heavy atom. The number of nitrogens with zero attached hydrogens (tertiary/aromatic N) is 1. The Labute approximate surface area is 165 Å². The third kappa shape index (κ3) is 5.58. The van der Waals surface area contributed by atoms with Crippen molar-refractivity contribution in [1.29, 1.82) is 5.26 Å². The molecule has 0 bridgehead atoms. The second-order valence-corrected chi connectivity index (χ2v) is 6.46. The quantitative estimate of drug-likeness (QED) is 0.710. The molecule has 146 valence electrons. The van der Waals surface area contributed by atoms with Crippen molar-refractivity contribution in [3.63, 3.8) is 0 Å². The first-order valence-electron chi connectivity index (χ1n) is 9.09. The lowest BCUT2D eigenvalue weighted by molar-refractivity contribution is -0.146. The largest absolute Gasteiger partial charge is 0.484 e. The molecule has 0 aliphatic carbocycles. The SMILES string of the molecule is CC[C@H](C)[C@@H](NC(=O)COc1ccc(-c2ccc(C#N)cc2)cc1)C(=O)OC. The number of methoxy groups -OCH3 is 1. The minimum Gasteiger partial charge on any atom is -0.484 e. The van der Waals surface area contributed by atoms with Gasteiger partial charge in [-0.05, 0) is 41.3 Å². The van der Waals surface area contributed by atoms with Gasteiger partial charge in [0, 0.05) is 0 Å². The molecule has 2 aromatic carbocycles. The first kappa shape index (κ1) is 21.0. The van der Waals surface area contributed by atoms with Crippen molar-refractivity contribution < 1.29 is 19.1 Å². The summed E-state index contributed by atoms with van der Waals surface area (Å²) in [5, 5.41) is 11.5. The molecular formula is C22H24N2O4. The Hall–Kier alpha value is -3.33. The molecule has 6 nitrogen and oxygen atoms in total. The van der Waals surface area contributed by atoms with Gasteiger partial charge < -0.3 is 14.8 Å². The van der Waals surface area contributed by atoms with Gasteiger partial charge in [0.2, 0.25) is 0 Å². The van der Waals surface area contributed by atoms with Crippen LogP contribution in [0.4, 0.5) is 0 Å². The first-order chi connectivity index (χ1) is 13.5. The van der Waals surface area contributed by atoms with Crippen LogP contribution >= 0.6 is 0 Å². The van der Waals surface area contributed by atoms with Gasteiger partial charge in [0.25, 0.3) is 5.91 Å². The Morgan fingerprint density at radius 3 is 2.14 bits per heavy atom. The zero-order chi connectivity index (χ0) is 20.5. The van der Waals surface area contributed by atoms with Crippen LogP contribution in [0.15, 0.2) is 48.5 Å². The van der Waals surface area contributed by atoms with E-state index >= 15 is 0 Å². The van der Waals surface area contributed by atoms with Gasteiger partial charge in [0.1, 0.15) is 11.8 Å². The summed E-state index contributed by atoms with van der Waals surface area (Å²) in [5.74, 6) is -0.338. The van der Waals surface area contributed by atoms with Crippen LogP contribution in [0.1, 0.15) is 25.8 Å². The monoisotopic (exact) mass is 380 g/mol. The summed E-state index contributed by atoms with van der Waals surface area (Å²) in [5.41, 5.74) is 2.57. The summed E-state index contributed by atoms with van der Waals surface area (Å²) in [7, 11) is 1.30. The molecule has 0 saturated heterocycles. The predicted octanol–water partition coefficient (Wildman–Crippen LogP) is 3.31. The molecular weight excluding hydrogens is 356 g/mol. The Balaban J connectivity index is 1.94. The highest BCUT2D eigenvalue weighted by Crippen LogP contribution is 2.22. The molecule has 0 aliphatic rings. The van der Waals surface area contributed by atoms with Gasteiger partial charge in [-0.25, -0.2) is 4.79 Å². The van der Waals surface area contributed by atoms with E-state index in [9.17, 15) is 9.59 Å². The second kappa shape index (κ2) is 10.1. The van der Waals surface area contributed by atoms with Crippen LogP contribution in [-0.2, 0) is 14.3 Å². The van der Waals surface area contributed by atoms with E-state index in [1.165, 1.54) is 7.11 Å². The van der Waals surface area contributed by atoms with Gasteiger partial charge in [-0.2, -0.15) is 5.26 Å². The van der Waals surface area contributed by atoms with E-state index in [-0.39, 0.29) is 18.4 Å². The highest BCUT2D eigenvalue weighted by Gasteiger charge is 2.26. The summed E-state index contributed by atoms with van der Waals surface area (Å²) < 4.78 is 10.3. The summed E-state index contributed by atoms with van der Waals surface area (Å²) in [6.07, 6.45) is 0.734. The molecule has 1 N–H and O–H groups in total. The molecule has 2 rings (SSSR count). The number of carbonyl (C=O) groups is 2. The zero-order valence-corrected chi connectivity index (χ0v) is 16.3. The summed E-state index contributed by atoms with van der Waals surface area (Å²) in [6, 6.07) is 16.0. The number of nitrogens with one attached hydrogen (secondary N) is 1. The molecule has 6 heteroatoms. The third-order valence-corrected chi connectivity index (χ3v) is 4.56. The summed E-state index contributed by atoms with van der Waals surface area (Å²) in [6.45, 7) is 3.63. The molecule has 2 atom stereocenters. The van der Waals surface area contributed by atoms with Crippen molar-refractivity contribution in [2.24, 2.45) is 5.92 Å². The Bertz CT molecular complexity index is 838. The van der Waals surface area contributed by atoms with Crippen LogP contribution in [0.5, 0.6) is 5.75 Å². The molecule has 28 heavy (non-hydrogen) atoms. The van der Waals surface area contributed by atoms with Gasteiger partial charge >= 0.3 is 5.97 Å². The van der Waals surface area contributed by atoms with Gasteiger partial charge in [0.05, 0.1) is 18.7 Å². The Morgan fingerprint density at radius 1 is 1.07 bits per heavy atom. The van der Waals surface area contributed by atoms with E-state index in [0.29, 0.717) is 11.3 Å². The number of benzene rings is 2. The fraction of sp³-hybridized carbons (Fsp3) is 0.318. The van der Waals surface area contributed by atoms with E-state index in [0.717, 1.165) is 17.5 Å². The average molecular weight is 380 g/mol.